The third kappa shape index (κ3) is 4.53. The molecule has 1 aromatic carbocycles. The molecule has 170 valence electrons. The number of pyridine rings is 1. The summed E-state index contributed by atoms with van der Waals surface area (Å²) >= 11 is 0. The molecular formula is C22H27N5O5. The summed E-state index contributed by atoms with van der Waals surface area (Å²) in [5.74, 6) is 0.0880. The zero-order valence-corrected chi connectivity index (χ0v) is 18.1. The minimum Gasteiger partial charge on any atom is -0.490 e. The van der Waals surface area contributed by atoms with Crippen LogP contribution in [0.25, 0.3) is 10.8 Å². The number of nitrogens with zero attached hydrogens (tertiary/aromatic N) is 1. The van der Waals surface area contributed by atoms with Gasteiger partial charge in [0.05, 0.1) is 23.8 Å². The molecule has 32 heavy (non-hydrogen) atoms. The minimum absolute atomic E-state index is 0.00661. The molecule has 4 amide bonds. The first-order valence-corrected chi connectivity index (χ1v) is 10.7. The van der Waals surface area contributed by atoms with Crippen LogP contribution in [0, 0.1) is 0 Å². The summed E-state index contributed by atoms with van der Waals surface area (Å²) in [6.45, 7) is 4.51. The van der Waals surface area contributed by atoms with E-state index in [0.29, 0.717) is 48.2 Å². The van der Waals surface area contributed by atoms with E-state index in [2.05, 4.69) is 20.9 Å². The number of carbonyl (C=O) groups excluding carboxylic acids is 3. The van der Waals surface area contributed by atoms with Crippen molar-refractivity contribution in [3.05, 3.63) is 29.5 Å². The van der Waals surface area contributed by atoms with Crippen LogP contribution in [0.4, 0.5) is 4.79 Å². The topological polar surface area (TPSA) is 145 Å². The normalized spacial score (nSPS) is 20.6. The van der Waals surface area contributed by atoms with Gasteiger partial charge in [-0.1, -0.05) is 0 Å². The van der Waals surface area contributed by atoms with E-state index >= 15 is 0 Å². The Kier molecular flexibility index (Phi) is 6.02. The fraction of sp³-hybridized carbons (Fsp3) is 0.455. The van der Waals surface area contributed by atoms with Crippen LogP contribution in [0.3, 0.4) is 0 Å². The molecule has 1 unspecified atom stereocenters. The molecule has 5 N–H and O–H groups in total. The molecule has 2 saturated heterocycles. The molecular weight excluding hydrogens is 414 g/mol. The number of ether oxygens (including phenoxy) is 2. The van der Waals surface area contributed by atoms with E-state index in [9.17, 15) is 14.4 Å². The number of amides is 4. The molecule has 2 aliphatic heterocycles. The van der Waals surface area contributed by atoms with Crippen LogP contribution < -0.4 is 31.2 Å². The Balaban J connectivity index is 1.78. The lowest BCUT2D eigenvalue weighted by Crippen LogP contribution is -2.44. The average molecular weight is 441 g/mol. The van der Waals surface area contributed by atoms with Gasteiger partial charge in [-0.3, -0.25) is 9.59 Å². The second-order valence-electron chi connectivity index (χ2n) is 8.30. The minimum atomic E-state index is -0.615. The van der Waals surface area contributed by atoms with E-state index in [1.807, 2.05) is 13.8 Å². The fourth-order valence-corrected chi connectivity index (χ4v) is 4.03. The molecule has 1 aromatic heterocycles. The molecule has 10 nitrogen and oxygen atoms in total. The monoisotopic (exact) mass is 441 g/mol. The molecule has 10 heteroatoms. The van der Waals surface area contributed by atoms with Crippen molar-refractivity contribution < 1.29 is 23.9 Å². The quantitative estimate of drug-likeness (QED) is 0.513. The van der Waals surface area contributed by atoms with Crippen molar-refractivity contribution in [3.63, 3.8) is 0 Å². The first kappa shape index (κ1) is 21.7. The van der Waals surface area contributed by atoms with Gasteiger partial charge in [-0.15, -0.1) is 0 Å². The number of hydrogen-bond donors (Lipinski definition) is 4. The van der Waals surface area contributed by atoms with Crippen LogP contribution in [0.5, 0.6) is 11.6 Å². The SMILES string of the molecule is CC(C)Oc1cc2c(OC[C@@H]3CCC(=O)N3)ncc(C3CCNC(=O)N3)c2cc1C(N)=O. The first-order valence-electron chi connectivity index (χ1n) is 10.7. The highest BCUT2D eigenvalue weighted by Crippen LogP contribution is 2.36. The van der Waals surface area contributed by atoms with Gasteiger partial charge in [-0.25, -0.2) is 9.78 Å². The third-order valence-electron chi connectivity index (χ3n) is 5.52. The molecule has 2 aliphatic rings. The second kappa shape index (κ2) is 8.89. The molecule has 0 radical (unpaired) electrons. The van der Waals surface area contributed by atoms with E-state index in [4.69, 9.17) is 15.2 Å². The van der Waals surface area contributed by atoms with Crippen LogP contribution >= 0.6 is 0 Å². The van der Waals surface area contributed by atoms with Crippen LogP contribution in [0.1, 0.15) is 55.1 Å². The Morgan fingerprint density at radius 1 is 1.22 bits per heavy atom. The number of benzene rings is 1. The van der Waals surface area contributed by atoms with E-state index in [1.54, 1.807) is 18.3 Å². The number of nitrogens with two attached hydrogens (primary N) is 1. The lowest BCUT2D eigenvalue weighted by atomic mass is 9.96. The van der Waals surface area contributed by atoms with Crippen molar-refractivity contribution in [3.8, 4) is 11.6 Å². The maximum absolute atomic E-state index is 12.2. The van der Waals surface area contributed by atoms with Crippen LogP contribution in [0.15, 0.2) is 18.3 Å². The van der Waals surface area contributed by atoms with Crippen molar-refractivity contribution in [2.75, 3.05) is 13.2 Å². The molecule has 2 aromatic rings. The smallest absolute Gasteiger partial charge is 0.315 e. The Labute approximate surface area is 185 Å². The zero-order valence-electron chi connectivity index (χ0n) is 18.1. The largest absolute Gasteiger partial charge is 0.490 e. The van der Waals surface area contributed by atoms with E-state index in [-0.39, 0.29) is 42.3 Å². The highest BCUT2D eigenvalue weighted by atomic mass is 16.5. The Hall–Kier alpha value is -3.56. The second-order valence-corrected chi connectivity index (χ2v) is 8.30. The maximum atomic E-state index is 12.2. The number of nitrogens with one attached hydrogen (secondary N) is 3. The van der Waals surface area contributed by atoms with Gasteiger partial charge in [0.15, 0.2) is 0 Å². The summed E-state index contributed by atoms with van der Waals surface area (Å²) in [7, 11) is 0. The van der Waals surface area contributed by atoms with E-state index in [1.165, 1.54) is 0 Å². The molecule has 0 spiro atoms. The Morgan fingerprint density at radius 2 is 2.03 bits per heavy atom. The van der Waals surface area contributed by atoms with E-state index in [0.717, 1.165) is 5.56 Å². The lowest BCUT2D eigenvalue weighted by molar-refractivity contribution is -0.119. The van der Waals surface area contributed by atoms with Crippen LogP contribution in [0.2, 0.25) is 0 Å². The summed E-state index contributed by atoms with van der Waals surface area (Å²) < 4.78 is 11.8. The van der Waals surface area contributed by atoms with Gasteiger partial charge < -0.3 is 31.2 Å². The standard InChI is InChI=1S/C22H27N5O5/c1-11(2)32-18-8-14-13(7-15(18)20(23)29)16(17-5-6-24-22(30)27-17)9-25-21(14)31-10-12-3-4-19(28)26-12/h7-9,11-12,17H,3-6,10H2,1-2H3,(H2,23,29)(H,26,28)(H2,24,27,30)/t12-,17?/m0/s1. The Bertz CT molecular complexity index is 1070. The summed E-state index contributed by atoms with van der Waals surface area (Å²) in [4.78, 5) is 40.1. The van der Waals surface area contributed by atoms with Gasteiger partial charge in [0.25, 0.3) is 5.91 Å². The fourth-order valence-electron chi connectivity index (χ4n) is 4.03. The maximum Gasteiger partial charge on any atom is 0.315 e. The van der Waals surface area contributed by atoms with Gasteiger partial charge in [-0.2, -0.15) is 0 Å². The van der Waals surface area contributed by atoms with Crippen molar-refractivity contribution >= 4 is 28.6 Å². The van der Waals surface area contributed by atoms with Gasteiger partial charge in [0.1, 0.15) is 12.4 Å². The number of primary amides is 1. The van der Waals surface area contributed by atoms with Gasteiger partial charge in [0, 0.05) is 30.1 Å². The van der Waals surface area contributed by atoms with Crippen molar-refractivity contribution in [2.45, 2.75) is 51.3 Å². The lowest BCUT2D eigenvalue weighted by Gasteiger charge is -2.26. The molecule has 3 heterocycles. The molecule has 0 saturated carbocycles. The Morgan fingerprint density at radius 3 is 2.69 bits per heavy atom. The summed E-state index contributed by atoms with van der Waals surface area (Å²) in [6, 6.07) is 2.75. The number of fused-ring (bicyclic) bond motifs is 1. The van der Waals surface area contributed by atoms with Crippen LogP contribution in [-0.4, -0.2) is 48.1 Å². The summed E-state index contributed by atoms with van der Waals surface area (Å²) in [6.07, 6.45) is 3.31. The average Bonchev–Trinajstić information content (AvgIpc) is 3.16. The number of rotatable bonds is 7. The predicted molar refractivity (Wildman–Crippen MR) is 117 cm³/mol. The first-order chi connectivity index (χ1) is 15.3. The highest BCUT2D eigenvalue weighted by molar-refractivity contribution is 6.02. The number of hydrogen-bond acceptors (Lipinski definition) is 6. The van der Waals surface area contributed by atoms with Crippen LogP contribution in [-0.2, 0) is 4.79 Å². The summed E-state index contributed by atoms with van der Waals surface area (Å²) in [5, 5.41) is 9.83. The van der Waals surface area contributed by atoms with Gasteiger partial charge >= 0.3 is 6.03 Å². The summed E-state index contributed by atoms with van der Waals surface area (Å²) in [5.41, 5.74) is 6.64. The number of urea groups is 1. The van der Waals surface area contributed by atoms with Crippen molar-refractivity contribution in [1.29, 1.82) is 0 Å². The third-order valence-corrected chi connectivity index (χ3v) is 5.52. The number of aromatic nitrogens is 1. The van der Waals surface area contributed by atoms with Crippen molar-refractivity contribution in [1.82, 2.24) is 20.9 Å². The molecule has 0 bridgehead atoms. The highest BCUT2D eigenvalue weighted by Gasteiger charge is 2.26. The van der Waals surface area contributed by atoms with E-state index < -0.39 is 5.91 Å². The number of carbonyl (C=O) groups is 3. The van der Waals surface area contributed by atoms with Crippen molar-refractivity contribution in [2.24, 2.45) is 5.73 Å². The zero-order chi connectivity index (χ0) is 22.8. The molecule has 0 aliphatic carbocycles. The van der Waals surface area contributed by atoms with Gasteiger partial charge in [-0.05, 0) is 44.2 Å². The molecule has 4 rings (SSSR count). The molecule has 2 fully saturated rings. The predicted octanol–water partition coefficient (Wildman–Crippen LogP) is 1.52. The molecule has 2 atom stereocenters. The van der Waals surface area contributed by atoms with Gasteiger partial charge in [0.2, 0.25) is 11.8 Å².